The second-order valence-corrected chi connectivity index (χ2v) is 6.06. The van der Waals surface area contributed by atoms with Gasteiger partial charge in [-0.1, -0.05) is 63.2 Å². The zero-order valence-corrected chi connectivity index (χ0v) is 13.1. The van der Waals surface area contributed by atoms with Gasteiger partial charge in [0.2, 0.25) is 0 Å². The topological polar surface area (TPSA) is 26.0 Å². The van der Waals surface area contributed by atoms with Crippen molar-refractivity contribution < 1.29 is 4.39 Å². The normalized spacial score (nSPS) is 14.2. The largest absolute Gasteiger partial charge is 0.321 e. The first-order chi connectivity index (χ1) is 9.96. The van der Waals surface area contributed by atoms with Crippen LogP contribution in [0.3, 0.4) is 0 Å². The summed E-state index contributed by atoms with van der Waals surface area (Å²) in [6.07, 6.45) is 1.34. The Bertz CT molecular complexity index is 589. The molecular formula is C19H24FN. The average Bonchev–Trinajstić information content (AvgIpc) is 2.48. The van der Waals surface area contributed by atoms with E-state index in [1.54, 1.807) is 12.1 Å². The van der Waals surface area contributed by atoms with Crippen molar-refractivity contribution in [1.82, 2.24) is 0 Å². The maximum atomic E-state index is 14.1. The molecule has 0 aliphatic carbocycles. The molecule has 0 aliphatic rings. The number of benzene rings is 2. The van der Waals surface area contributed by atoms with Crippen molar-refractivity contribution in [3.63, 3.8) is 0 Å². The van der Waals surface area contributed by atoms with Crippen molar-refractivity contribution in [2.75, 3.05) is 0 Å². The lowest BCUT2D eigenvalue weighted by Gasteiger charge is -2.29. The van der Waals surface area contributed by atoms with Gasteiger partial charge in [0.15, 0.2) is 0 Å². The van der Waals surface area contributed by atoms with E-state index in [2.05, 4.69) is 38.1 Å². The summed E-state index contributed by atoms with van der Waals surface area (Å²) in [4.78, 5) is 0. The minimum atomic E-state index is -0.662. The molecule has 1 atom stereocenters. The molecule has 1 unspecified atom stereocenters. The second kappa shape index (κ2) is 6.40. The van der Waals surface area contributed by atoms with E-state index >= 15 is 0 Å². The lowest BCUT2D eigenvalue weighted by Crippen LogP contribution is -2.39. The van der Waals surface area contributed by atoms with Gasteiger partial charge < -0.3 is 5.73 Å². The van der Waals surface area contributed by atoms with Crippen LogP contribution in [0.15, 0.2) is 48.5 Å². The van der Waals surface area contributed by atoms with Crippen LogP contribution in [0.1, 0.15) is 49.8 Å². The highest BCUT2D eigenvalue weighted by atomic mass is 19.1. The maximum Gasteiger partial charge on any atom is 0.128 e. The minimum Gasteiger partial charge on any atom is -0.321 e. The fraction of sp³-hybridized carbons (Fsp3) is 0.368. The third-order valence-electron chi connectivity index (χ3n) is 4.21. The SMILES string of the molecule is CCC(N)(Cc1ccc(C(C)C)cc1)c1ccccc1F. The van der Waals surface area contributed by atoms with Gasteiger partial charge in [-0.2, -0.15) is 0 Å². The van der Waals surface area contributed by atoms with E-state index in [1.807, 2.05) is 13.0 Å². The van der Waals surface area contributed by atoms with Crippen LogP contribution >= 0.6 is 0 Å². The molecule has 0 bridgehead atoms. The summed E-state index contributed by atoms with van der Waals surface area (Å²) in [5, 5.41) is 0. The Kier molecular flexibility index (Phi) is 4.79. The van der Waals surface area contributed by atoms with Crippen LogP contribution in [0.4, 0.5) is 4.39 Å². The van der Waals surface area contributed by atoms with Crippen molar-refractivity contribution in [3.8, 4) is 0 Å². The van der Waals surface area contributed by atoms with Gasteiger partial charge >= 0.3 is 0 Å². The smallest absolute Gasteiger partial charge is 0.128 e. The molecule has 0 heterocycles. The summed E-state index contributed by atoms with van der Waals surface area (Å²) in [6.45, 7) is 6.36. The molecule has 0 aliphatic heterocycles. The zero-order chi connectivity index (χ0) is 15.5. The third-order valence-corrected chi connectivity index (χ3v) is 4.21. The van der Waals surface area contributed by atoms with Gasteiger partial charge in [0.05, 0.1) is 0 Å². The van der Waals surface area contributed by atoms with E-state index in [-0.39, 0.29) is 5.82 Å². The summed E-state index contributed by atoms with van der Waals surface area (Å²) >= 11 is 0. The molecule has 112 valence electrons. The molecule has 0 fully saturated rings. The van der Waals surface area contributed by atoms with E-state index in [0.29, 0.717) is 24.3 Å². The Morgan fingerprint density at radius 1 is 1.05 bits per heavy atom. The Morgan fingerprint density at radius 2 is 1.67 bits per heavy atom. The summed E-state index contributed by atoms with van der Waals surface area (Å²) in [7, 11) is 0. The monoisotopic (exact) mass is 285 g/mol. The summed E-state index contributed by atoms with van der Waals surface area (Å²) in [5.74, 6) is 0.292. The molecular weight excluding hydrogens is 261 g/mol. The lowest BCUT2D eigenvalue weighted by atomic mass is 9.82. The fourth-order valence-electron chi connectivity index (χ4n) is 2.66. The van der Waals surface area contributed by atoms with Gasteiger partial charge in [0.1, 0.15) is 5.82 Å². The second-order valence-electron chi connectivity index (χ2n) is 6.06. The van der Waals surface area contributed by atoms with Gasteiger partial charge in [0, 0.05) is 11.1 Å². The molecule has 0 radical (unpaired) electrons. The number of halogens is 1. The minimum absolute atomic E-state index is 0.222. The molecule has 2 aromatic rings. The lowest BCUT2D eigenvalue weighted by molar-refractivity contribution is 0.402. The van der Waals surface area contributed by atoms with Gasteiger partial charge in [-0.25, -0.2) is 4.39 Å². The molecule has 0 saturated carbocycles. The quantitative estimate of drug-likeness (QED) is 0.842. The molecule has 21 heavy (non-hydrogen) atoms. The first-order valence-electron chi connectivity index (χ1n) is 7.59. The van der Waals surface area contributed by atoms with Gasteiger partial charge in [-0.05, 0) is 36.0 Å². The van der Waals surface area contributed by atoms with Crippen molar-refractivity contribution in [2.45, 2.75) is 45.1 Å². The number of hydrogen-bond acceptors (Lipinski definition) is 1. The van der Waals surface area contributed by atoms with Crippen LogP contribution in [-0.4, -0.2) is 0 Å². The fourth-order valence-corrected chi connectivity index (χ4v) is 2.66. The van der Waals surface area contributed by atoms with Crippen LogP contribution in [0.5, 0.6) is 0 Å². The van der Waals surface area contributed by atoms with Crippen molar-refractivity contribution in [3.05, 3.63) is 71.0 Å². The van der Waals surface area contributed by atoms with E-state index < -0.39 is 5.54 Å². The number of rotatable bonds is 5. The molecule has 2 N–H and O–H groups in total. The highest BCUT2D eigenvalue weighted by Gasteiger charge is 2.28. The van der Waals surface area contributed by atoms with Crippen molar-refractivity contribution in [2.24, 2.45) is 5.73 Å². The first-order valence-corrected chi connectivity index (χ1v) is 7.59. The molecule has 2 aromatic carbocycles. The number of nitrogens with two attached hydrogens (primary N) is 1. The number of hydrogen-bond donors (Lipinski definition) is 1. The molecule has 2 heteroatoms. The molecule has 0 spiro atoms. The molecule has 0 amide bonds. The molecule has 0 saturated heterocycles. The highest BCUT2D eigenvalue weighted by molar-refractivity contribution is 5.31. The van der Waals surface area contributed by atoms with Crippen LogP contribution in [0.2, 0.25) is 0 Å². The van der Waals surface area contributed by atoms with E-state index in [4.69, 9.17) is 5.73 Å². The van der Waals surface area contributed by atoms with E-state index in [9.17, 15) is 4.39 Å². The molecule has 0 aromatic heterocycles. The van der Waals surface area contributed by atoms with Crippen LogP contribution in [0.25, 0.3) is 0 Å². The van der Waals surface area contributed by atoms with Crippen molar-refractivity contribution in [1.29, 1.82) is 0 Å². The Balaban J connectivity index is 2.28. The first kappa shape index (κ1) is 15.7. The third kappa shape index (κ3) is 3.51. The van der Waals surface area contributed by atoms with E-state index in [0.717, 1.165) is 5.56 Å². The standard InChI is InChI=1S/C19H24FN/c1-4-19(21,17-7-5-6-8-18(17)20)13-15-9-11-16(12-10-15)14(2)3/h5-12,14H,4,13,21H2,1-3H3. The Labute approximate surface area is 127 Å². The maximum absolute atomic E-state index is 14.1. The molecule has 1 nitrogen and oxygen atoms in total. The van der Waals surface area contributed by atoms with Crippen LogP contribution in [-0.2, 0) is 12.0 Å². The Morgan fingerprint density at radius 3 is 2.19 bits per heavy atom. The predicted molar refractivity (Wildman–Crippen MR) is 86.8 cm³/mol. The summed E-state index contributed by atoms with van der Waals surface area (Å²) in [6, 6.07) is 15.3. The van der Waals surface area contributed by atoms with Crippen LogP contribution < -0.4 is 5.73 Å². The zero-order valence-electron chi connectivity index (χ0n) is 13.1. The van der Waals surface area contributed by atoms with Gasteiger partial charge in [-0.3, -0.25) is 0 Å². The van der Waals surface area contributed by atoms with Gasteiger partial charge in [0.25, 0.3) is 0 Å². The average molecular weight is 285 g/mol. The molecule has 2 rings (SSSR count). The highest BCUT2D eigenvalue weighted by Crippen LogP contribution is 2.29. The predicted octanol–water partition coefficient (Wildman–Crippen LogP) is 4.76. The van der Waals surface area contributed by atoms with E-state index in [1.165, 1.54) is 11.6 Å². The van der Waals surface area contributed by atoms with Crippen LogP contribution in [0, 0.1) is 5.82 Å². The summed E-state index contributed by atoms with van der Waals surface area (Å²) in [5.41, 5.74) is 8.90. The van der Waals surface area contributed by atoms with Crippen molar-refractivity contribution >= 4 is 0 Å². The van der Waals surface area contributed by atoms with Gasteiger partial charge in [-0.15, -0.1) is 0 Å². The Hall–Kier alpha value is -1.67. The summed E-state index contributed by atoms with van der Waals surface area (Å²) < 4.78 is 14.1.